The topological polar surface area (TPSA) is 94.2 Å². The molecule has 2 fully saturated rings. The Balaban J connectivity index is 1.04. The molecule has 0 aliphatic carbocycles. The molecule has 2 saturated heterocycles. The molecule has 45 heavy (non-hydrogen) atoms. The van der Waals surface area contributed by atoms with E-state index < -0.39 is 6.09 Å². The number of rotatable bonds is 15. The number of nitrogens with zero attached hydrogens (tertiary/aromatic N) is 3. The predicted molar refractivity (Wildman–Crippen MR) is 180 cm³/mol. The summed E-state index contributed by atoms with van der Waals surface area (Å²) in [6, 6.07) is 17.7. The number of anilines is 1. The van der Waals surface area contributed by atoms with E-state index in [1.807, 2.05) is 59.5 Å². The molecule has 0 radical (unpaired) electrons. The van der Waals surface area contributed by atoms with E-state index in [4.69, 9.17) is 4.74 Å². The monoisotopic (exact) mass is 619 g/mol. The zero-order chi connectivity index (χ0) is 31.9. The van der Waals surface area contributed by atoms with Gasteiger partial charge in [-0.05, 0) is 77.1 Å². The van der Waals surface area contributed by atoms with Crippen LogP contribution in [0.2, 0.25) is 0 Å². The number of ether oxygens (including phenoxy) is 1. The molecule has 2 heterocycles. The number of likely N-dealkylation sites (tertiary alicyclic amines) is 2. The van der Waals surface area contributed by atoms with Crippen molar-refractivity contribution < 1.29 is 19.1 Å². The molecule has 2 aromatic carbocycles. The van der Waals surface area contributed by atoms with E-state index in [0.29, 0.717) is 18.9 Å². The van der Waals surface area contributed by atoms with Gasteiger partial charge in [0.1, 0.15) is 6.10 Å². The molecule has 0 bridgehead atoms. The average molecular weight is 620 g/mol. The van der Waals surface area contributed by atoms with Crippen molar-refractivity contribution in [3.63, 3.8) is 0 Å². The van der Waals surface area contributed by atoms with Crippen LogP contribution in [-0.4, -0.2) is 97.6 Å². The molecular weight excluding hydrogens is 566 g/mol. The van der Waals surface area contributed by atoms with Gasteiger partial charge in [0.2, 0.25) is 11.8 Å². The van der Waals surface area contributed by atoms with Crippen LogP contribution in [0, 0.1) is 5.92 Å². The second-order valence-corrected chi connectivity index (χ2v) is 12.3. The zero-order valence-electron chi connectivity index (χ0n) is 27.3. The van der Waals surface area contributed by atoms with Crippen LogP contribution >= 0.6 is 0 Å². The number of hydrogen-bond donors (Lipinski definition) is 2. The second-order valence-electron chi connectivity index (χ2n) is 12.3. The highest BCUT2D eigenvalue weighted by Crippen LogP contribution is 2.28. The van der Waals surface area contributed by atoms with E-state index in [1.165, 1.54) is 0 Å². The van der Waals surface area contributed by atoms with Gasteiger partial charge in [0.05, 0.1) is 11.6 Å². The summed E-state index contributed by atoms with van der Waals surface area (Å²) < 4.78 is 5.74. The SMILES string of the molecule is CCN(CC)C(=O)C1CCCN(CCCCCNC(=O)CCN2CCC(OC(=O)Nc3ccccc3-c3ccccc3)CC2)C1. The third-order valence-electron chi connectivity index (χ3n) is 9.12. The smallest absolute Gasteiger partial charge is 0.411 e. The largest absolute Gasteiger partial charge is 0.446 e. The van der Waals surface area contributed by atoms with Gasteiger partial charge in [-0.2, -0.15) is 0 Å². The van der Waals surface area contributed by atoms with Crippen LogP contribution in [0.25, 0.3) is 11.1 Å². The van der Waals surface area contributed by atoms with E-state index in [2.05, 4.69) is 34.3 Å². The molecule has 3 amide bonds. The second kappa shape index (κ2) is 18.5. The predicted octanol–water partition coefficient (Wildman–Crippen LogP) is 5.62. The van der Waals surface area contributed by atoms with Crippen LogP contribution < -0.4 is 10.6 Å². The summed E-state index contributed by atoms with van der Waals surface area (Å²) in [4.78, 5) is 44.5. The molecule has 9 heteroatoms. The number of carbonyl (C=O) groups is 3. The maximum Gasteiger partial charge on any atom is 0.411 e. The maximum atomic E-state index is 12.7. The number of carbonyl (C=O) groups excluding carboxylic acids is 3. The molecule has 2 aromatic rings. The van der Waals surface area contributed by atoms with Gasteiger partial charge in [-0.3, -0.25) is 14.9 Å². The summed E-state index contributed by atoms with van der Waals surface area (Å²) in [7, 11) is 0. The van der Waals surface area contributed by atoms with E-state index in [-0.39, 0.29) is 17.9 Å². The van der Waals surface area contributed by atoms with Gasteiger partial charge in [-0.15, -0.1) is 0 Å². The Morgan fingerprint density at radius 2 is 1.58 bits per heavy atom. The molecule has 0 spiro atoms. The van der Waals surface area contributed by atoms with E-state index in [0.717, 1.165) is 114 Å². The zero-order valence-corrected chi connectivity index (χ0v) is 27.3. The van der Waals surface area contributed by atoms with Crippen molar-refractivity contribution >= 4 is 23.6 Å². The fraction of sp³-hybridized carbons (Fsp3) is 0.583. The minimum Gasteiger partial charge on any atom is -0.446 e. The first-order valence-corrected chi connectivity index (χ1v) is 17.1. The van der Waals surface area contributed by atoms with Gasteiger partial charge in [-0.25, -0.2) is 4.79 Å². The van der Waals surface area contributed by atoms with Gasteiger partial charge in [0.15, 0.2) is 0 Å². The van der Waals surface area contributed by atoms with Gasteiger partial charge in [-0.1, -0.05) is 55.0 Å². The normalized spacial score (nSPS) is 17.9. The van der Waals surface area contributed by atoms with Crippen molar-refractivity contribution in [2.24, 2.45) is 5.92 Å². The summed E-state index contributed by atoms with van der Waals surface area (Å²) in [5.74, 6) is 0.553. The fourth-order valence-electron chi connectivity index (χ4n) is 6.47. The van der Waals surface area contributed by atoms with Gasteiger partial charge in [0, 0.05) is 57.8 Å². The Labute approximate surface area is 269 Å². The first-order chi connectivity index (χ1) is 22.0. The van der Waals surface area contributed by atoms with E-state index in [1.54, 1.807) is 0 Å². The summed E-state index contributed by atoms with van der Waals surface area (Å²) >= 11 is 0. The highest BCUT2D eigenvalue weighted by molar-refractivity contribution is 5.91. The molecule has 2 N–H and O–H groups in total. The van der Waals surface area contributed by atoms with Crippen LogP contribution in [0.4, 0.5) is 10.5 Å². The first-order valence-electron chi connectivity index (χ1n) is 17.1. The van der Waals surface area contributed by atoms with Crippen LogP contribution in [0.1, 0.15) is 65.2 Å². The number of piperidine rings is 2. The number of para-hydroxylation sites is 1. The molecule has 2 aliphatic heterocycles. The molecule has 0 aromatic heterocycles. The fourth-order valence-corrected chi connectivity index (χ4v) is 6.47. The lowest BCUT2D eigenvalue weighted by molar-refractivity contribution is -0.137. The average Bonchev–Trinajstić information content (AvgIpc) is 3.07. The first kappa shape index (κ1) is 34.4. The molecular formula is C36H53N5O4. The van der Waals surface area contributed by atoms with Crippen molar-refractivity contribution in [2.45, 2.75) is 71.3 Å². The Morgan fingerprint density at radius 3 is 2.33 bits per heavy atom. The number of nitrogens with one attached hydrogen (secondary N) is 2. The Bertz CT molecular complexity index is 1200. The van der Waals surface area contributed by atoms with Crippen molar-refractivity contribution in [1.82, 2.24) is 20.0 Å². The lowest BCUT2D eigenvalue weighted by Gasteiger charge is -2.34. The van der Waals surface area contributed by atoms with Crippen LogP contribution in [0.15, 0.2) is 54.6 Å². The Morgan fingerprint density at radius 1 is 0.844 bits per heavy atom. The summed E-state index contributed by atoms with van der Waals surface area (Å²) in [6.07, 6.45) is 6.69. The highest BCUT2D eigenvalue weighted by Gasteiger charge is 2.28. The molecule has 9 nitrogen and oxygen atoms in total. The lowest BCUT2D eigenvalue weighted by atomic mass is 9.96. The van der Waals surface area contributed by atoms with E-state index >= 15 is 0 Å². The Kier molecular flexibility index (Phi) is 14.2. The van der Waals surface area contributed by atoms with Gasteiger partial charge in [0.25, 0.3) is 0 Å². The summed E-state index contributed by atoms with van der Waals surface area (Å²) in [5, 5.41) is 6.00. The molecule has 0 saturated carbocycles. The standard InChI is InChI=1S/C36H53N5O4/c1-3-41(4-2)35(43)30-16-13-24-40(28-30)23-12-6-11-22-37-34(42)21-27-39-25-19-31(20-26-39)45-36(44)38-33-18-10-9-17-32(33)29-14-7-5-8-15-29/h5,7-10,14-15,17-18,30-31H,3-4,6,11-13,16,19-28H2,1-2H3,(H,37,42)(H,38,44). The minimum atomic E-state index is -0.429. The van der Waals surface area contributed by atoms with Crippen LogP contribution in [0.3, 0.4) is 0 Å². The van der Waals surface area contributed by atoms with Gasteiger partial charge >= 0.3 is 6.09 Å². The molecule has 246 valence electrons. The third-order valence-corrected chi connectivity index (χ3v) is 9.12. The minimum absolute atomic E-state index is 0.0959. The summed E-state index contributed by atoms with van der Waals surface area (Å²) in [5.41, 5.74) is 2.73. The highest BCUT2D eigenvalue weighted by atomic mass is 16.6. The quantitative estimate of drug-likeness (QED) is 0.251. The van der Waals surface area contributed by atoms with Crippen LogP contribution in [0.5, 0.6) is 0 Å². The number of benzene rings is 2. The molecule has 2 aliphatic rings. The number of hydrogen-bond acceptors (Lipinski definition) is 6. The lowest BCUT2D eigenvalue weighted by Crippen LogP contribution is -2.45. The Hall–Kier alpha value is -3.43. The number of amides is 3. The van der Waals surface area contributed by atoms with Crippen molar-refractivity contribution in [1.29, 1.82) is 0 Å². The molecule has 1 atom stereocenters. The maximum absolute atomic E-state index is 12.7. The molecule has 1 unspecified atom stereocenters. The third kappa shape index (κ3) is 11.2. The summed E-state index contributed by atoms with van der Waals surface area (Å²) in [6.45, 7) is 11.7. The number of unbranched alkanes of at least 4 members (excludes halogenated alkanes) is 2. The molecule has 4 rings (SSSR count). The van der Waals surface area contributed by atoms with E-state index in [9.17, 15) is 14.4 Å². The van der Waals surface area contributed by atoms with Crippen molar-refractivity contribution in [2.75, 3.05) is 64.2 Å². The van der Waals surface area contributed by atoms with Crippen molar-refractivity contribution in [3.05, 3.63) is 54.6 Å². The van der Waals surface area contributed by atoms with Crippen molar-refractivity contribution in [3.8, 4) is 11.1 Å². The van der Waals surface area contributed by atoms with Crippen LogP contribution in [-0.2, 0) is 14.3 Å². The van der Waals surface area contributed by atoms with Gasteiger partial charge < -0.3 is 24.8 Å².